The monoisotopic (exact) mass is 750 g/mol. The topological polar surface area (TPSA) is 192 Å². The standard InChI is InChI=1S/C38H71O12P/c1-3-5-7-9-11-13-15-17-19-21-23-25-27-32(39)49-31(29-47-28-26-24-22-20-18-16-14-12-10-8-6-4-2)30-48-51(45,46)50-38-36(43)34(41)33(40)35(42)37(38)44/h10-13,31,33-38,40-44H,3-9,14-30H2,1-2H3,(H,45,46)/b12-10-,13-11-. The first-order valence-corrected chi connectivity index (χ1v) is 21.2. The first-order chi connectivity index (χ1) is 24.5. The van der Waals surface area contributed by atoms with Crippen LogP contribution in [0.1, 0.15) is 149 Å². The van der Waals surface area contributed by atoms with Crippen molar-refractivity contribution in [2.75, 3.05) is 19.8 Å². The lowest BCUT2D eigenvalue weighted by molar-refractivity contribution is -0.220. The van der Waals surface area contributed by atoms with Gasteiger partial charge in [0.25, 0.3) is 0 Å². The Hall–Kier alpha value is -1.18. The van der Waals surface area contributed by atoms with E-state index in [1.165, 1.54) is 44.9 Å². The van der Waals surface area contributed by atoms with Gasteiger partial charge in [0.1, 0.15) is 42.7 Å². The van der Waals surface area contributed by atoms with Crippen molar-refractivity contribution in [1.82, 2.24) is 0 Å². The minimum atomic E-state index is -5.01. The Morgan fingerprint density at radius 3 is 1.61 bits per heavy atom. The third-order valence-electron chi connectivity index (χ3n) is 9.05. The molecule has 13 heteroatoms. The van der Waals surface area contributed by atoms with E-state index >= 15 is 0 Å². The maximum atomic E-state index is 12.7. The van der Waals surface area contributed by atoms with Gasteiger partial charge in [-0.05, 0) is 57.8 Å². The molecule has 6 unspecified atom stereocenters. The Morgan fingerprint density at radius 1 is 0.608 bits per heavy atom. The van der Waals surface area contributed by atoms with Crippen LogP contribution in [-0.2, 0) is 27.9 Å². The number of aliphatic hydroxyl groups is 5. The number of aliphatic hydroxyl groups excluding tert-OH is 5. The van der Waals surface area contributed by atoms with Crippen LogP contribution in [0.4, 0.5) is 0 Å². The van der Waals surface area contributed by atoms with Gasteiger partial charge in [-0.2, -0.15) is 0 Å². The molecule has 0 bridgehead atoms. The number of hydrogen-bond donors (Lipinski definition) is 6. The van der Waals surface area contributed by atoms with Gasteiger partial charge < -0.3 is 39.9 Å². The second-order valence-corrected chi connectivity index (χ2v) is 15.2. The Morgan fingerprint density at radius 2 is 1.06 bits per heavy atom. The van der Waals surface area contributed by atoms with E-state index in [1.807, 2.05) is 0 Å². The third-order valence-corrected chi connectivity index (χ3v) is 10.0. The summed E-state index contributed by atoms with van der Waals surface area (Å²) in [5, 5.41) is 49.9. The van der Waals surface area contributed by atoms with E-state index in [0.717, 1.165) is 77.0 Å². The van der Waals surface area contributed by atoms with Crippen molar-refractivity contribution in [2.45, 2.75) is 191 Å². The molecule has 0 aromatic carbocycles. The summed E-state index contributed by atoms with van der Waals surface area (Å²) in [4.78, 5) is 23.0. The van der Waals surface area contributed by atoms with Crippen LogP contribution >= 0.6 is 7.82 Å². The summed E-state index contributed by atoms with van der Waals surface area (Å²) in [6, 6.07) is 0. The molecule has 6 atom stereocenters. The van der Waals surface area contributed by atoms with Crippen molar-refractivity contribution < 1.29 is 58.3 Å². The maximum absolute atomic E-state index is 12.7. The van der Waals surface area contributed by atoms with Crippen molar-refractivity contribution in [3.05, 3.63) is 24.3 Å². The van der Waals surface area contributed by atoms with Crippen LogP contribution in [0.15, 0.2) is 24.3 Å². The zero-order chi connectivity index (χ0) is 37.7. The largest absolute Gasteiger partial charge is 0.472 e. The van der Waals surface area contributed by atoms with E-state index < -0.39 is 63.1 Å². The summed E-state index contributed by atoms with van der Waals surface area (Å²) in [6.07, 6.45) is 18.3. The quantitative estimate of drug-likeness (QED) is 0.0188. The highest BCUT2D eigenvalue weighted by Gasteiger charge is 2.51. The summed E-state index contributed by atoms with van der Waals surface area (Å²) in [6.45, 7) is 4.14. The molecule has 12 nitrogen and oxygen atoms in total. The highest BCUT2D eigenvalue weighted by atomic mass is 31.2. The summed E-state index contributed by atoms with van der Waals surface area (Å²) in [5.74, 6) is -0.491. The van der Waals surface area contributed by atoms with E-state index in [1.54, 1.807) is 0 Å². The second kappa shape index (κ2) is 30.2. The number of ether oxygens (including phenoxy) is 2. The van der Waals surface area contributed by atoms with Gasteiger partial charge in [0.2, 0.25) is 0 Å². The summed E-state index contributed by atoms with van der Waals surface area (Å²) < 4.78 is 33.9. The Labute approximate surface area is 307 Å². The number of phosphoric acid groups is 1. The number of esters is 1. The lowest BCUT2D eigenvalue weighted by atomic mass is 9.85. The minimum Gasteiger partial charge on any atom is -0.457 e. The van der Waals surface area contributed by atoms with Crippen LogP contribution in [-0.4, -0.2) is 98.9 Å². The lowest BCUT2D eigenvalue weighted by Gasteiger charge is -2.41. The van der Waals surface area contributed by atoms with Crippen molar-refractivity contribution >= 4 is 13.8 Å². The molecular formula is C38H71O12P. The number of rotatable bonds is 32. The second-order valence-electron chi connectivity index (χ2n) is 13.8. The van der Waals surface area contributed by atoms with Gasteiger partial charge in [-0.25, -0.2) is 4.57 Å². The molecule has 1 aliphatic rings. The first-order valence-electron chi connectivity index (χ1n) is 19.7. The van der Waals surface area contributed by atoms with Gasteiger partial charge in [0.05, 0.1) is 13.2 Å². The fourth-order valence-corrected chi connectivity index (χ4v) is 6.77. The number of phosphoric ester groups is 1. The van der Waals surface area contributed by atoms with Gasteiger partial charge in [-0.15, -0.1) is 0 Å². The van der Waals surface area contributed by atoms with Crippen LogP contribution in [0.25, 0.3) is 0 Å². The van der Waals surface area contributed by atoms with Gasteiger partial charge in [-0.3, -0.25) is 13.8 Å². The molecule has 1 fully saturated rings. The first kappa shape index (κ1) is 47.8. The molecule has 1 saturated carbocycles. The minimum absolute atomic E-state index is 0.0830. The van der Waals surface area contributed by atoms with Gasteiger partial charge >= 0.3 is 13.8 Å². The summed E-state index contributed by atoms with van der Waals surface area (Å²) in [7, 11) is -5.01. The van der Waals surface area contributed by atoms with Gasteiger partial charge in [0.15, 0.2) is 0 Å². The van der Waals surface area contributed by atoms with Gasteiger partial charge in [0, 0.05) is 13.0 Å². The van der Waals surface area contributed by atoms with E-state index in [-0.39, 0.29) is 13.0 Å². The molecular weight excluding hydrogens is 679 g/mol. The Bertz CT molecular complexity index is 947. The maximum Gasteiger partial charge on any atom is 0.472 e. The fourth-order valence-electron chi connectivity index (χ4n) is 5.80. The summed E-state index contributed by atoms with van der Waals surface area (Å²) >= 11 is 0. The predicted molar refractivity (Wildman–Crippen MR) is 198 cm³/mol. The van der Waals surface area contributed by atoms with Crippen molar-refractivity contribution in [3.63, 3.8) is 0 Å². The third kappa shape index (κ3) is 23.3. The molecule has 0 radical (unpaired) electrons. The van der Waals surface area contributed by atoms with Crippen molar-refractivity contribution in [3.8, 4) is 0 Å². The Balaban J connectivity index is 2.49. The number of carbonyl (C=O) groups is 1. The van der Waals surface area contributed by atoms with Crippen LogP contribution < -0.4 is 0 Å². The molecule has 51 heavy (non-hydrogen) atoms. The van der Waals surface area contributed by atoms with Gasteiger partial charge in [-0.1, -0.05) is 109 Å². The molecule has 0 heterocycles. The van der Waals surface area contributed by atoms with E-state index in [2.05, 4.69) is 38.2 Å². The molecule has 0 aromatic heterocycles. The molecule has 0 saturated heterocycles. The number of unbranched alkanes of at least 4 members (excludes halogenated alkanes) is 16. The smallest absolute Gasteiger partial charge is 0.457 e. The van der Waals surface area contributed by atoms with Crippen LogP contribution in [0, 0.1) is 0 Å². The highest BCUT2D eigenvalue weighted by molar-refractivity contribution is 7.47. The molecule has 1 rings (SSSR count). The Kier molecular flexibility index (Phi) is 28.3. The predicted octanol–water partition coefficient (Wildman–Crippen LogP) is 6.58. The number of allylic oxidation sites excluding steroid dienone is 4. The molecule has 0 aliphatic heterocycles. The SMILES string of the molecule is CCCC/C=C\CCCCCCCCOCC(COP(=O)(O)OC1C(O)C(O)C(O)C(O)C1O)OC(=O)CCCCCCC/C=C\CCCCC. The zero-order valence-electron chi connectivity index (χ0n) is 31.4. The number of hydrogen-bond acceptors (Lipinski definition) is 11. The van der Waals surface area contributed by atoms with E-state index in [0.29, 0.717) is 13.0 Å². The molecule has 0 amide bonds. The van der Waals surface area contributed by atoms with E-state index in [4.69, 9.17) is 18.5 Å². The molecule has 0 spiro atoms. The molecule has 0 aromatic rings. The van der Waals surface area contributed by atoms with Crippen LogP contribution in [0.2, 0.25) is 0 Å². The summed E-state index contributed by atoms with van der Waals surface area (Å²) in [5.41, 5.74) is 0. The lowest BCUT2D eigenvalue weighted by Crippen LogP contribution is -2.64. The van der Waals surface area contributed by atoms with Crippen molar-refractivity contribution in [2.24, 2.45) is 0 Å². The fraction of sp³-hybridized carbons (Fsp3) is 0.868. The average molecular weight is 751 g/mol. The zero-order valence-corrected chi connectivity index (χ0v) is 32.3. The molecule has 300 valence electrons. The number of carbonyl (C=O) groups excluding carboxylic acids is 1. The normalized spacial score (nSPS) is 24.3. The van der Waals surface area contributed by atoms with E-state index in [9.17, 15) is 39.8 Å². The average Bonchev–Trinajstić information content (AvgIpc) is 3.11. The van der Waals surface area contributed by atoms with Crippen LogP contribution in [0.3, 0.4) is 0 Å². The van der Waals surface area contributed by atoms with Crippen molar-refractivity contribution in [1.29, 1.82) is 0 Å². The highest BCUT2D eigenvalue weighted by Crippen LogP contribution is 2.47. The van der Waals surface area contributed by atoms with Crippen LogP contribution in [0.5, 0.6) is 0 Å². The molecule has 1 aliphatic carbocycles. The molecule has 6 N–H and O–H groups in total.